The van der Waals surface area contributed by atoms with E-state index in [1.54, 1.807) is 6.07 Å². The van der Waals surface area contributed by atoms with Crippen molar-refractivity contribution in [1.29, 1.82) is 0 Å². The third-order valence-corrected chi connectivity index (χ3v) is 4.28. The number of rotatable bonds is 2. The molecule has 1 aliphatic carbocycles. The smallest absolute Gasteiger partial charge is 0.115 e. The Morgan fingerprint density at radius 3 is 2.63 bits per heavy atom. The molecule has 1 N–H and O–H groups in total. The van der Waals surface area contributed by atoms with Crippen LogP contribution in [-0.2, 0) is 19.3 Å². The highest BCUT2D eigenvalue weighted by Gasteiger charge is 2.30. The first-order valence-corrected chi connectivity index (χ1v) is 6.99. The van der Waals surface area contributed by atoms with Crippen molar-refractivity contribution >= 4 is 0 Å². The Bertz CT molecular complexity index is 573. The topological polar surface area (TPSA) is 20.2 Å². The maximum Gasteiger partial charge on any atom is 0.115 e. The van der Waals surface area contributed by atoms with E-state index in [4.69, 9.17) is 0 Å². The van der Waals surface area contributed by atoms with Gasteiger partial charge in [-0.15, -0.1) is 0 Å². The van der Waals surface area contributed by atoms with Crippen LogP contribution >= 0.6 is 0 Å². The summed E-state index contributed by atoms with van der Waals surface area (Å²) in [5.41, 5.74) is 4.45. The molecule has 0 saturated heterocycles. The van der Waals surface area contributed by atoms with E-state index in [0.717, 1.165) is 19.3 Å². The largest absolute Gasteiger partial charge is 0.508 e. The average molecular weight is 252 g/mol. The molecule has 0 radical (unpaired) electrons. The molecule has 2 aromatic carbocycles. The van der Waals surface area contributed by atoms with Crippen molar-refractivity contribution < 1.29 is 5.11 Å². The summed E-state index contributed by atoms with van der Waals surface area (Å²) in [7, 11) is 0. The first-order valence-electron chi connectivity index (χ1n) is 6.99. The van der Waals surface area contributed by atoms with E-state index in [9.17, 15) is 5.11 Å². The number of phenols is 1. The molecule has 0 saturated carbocycles. The lowest BCUT2D eigenvalue weighted by molar-refractivity contribution is 0.276. The van der Waals surface area contributed by atoms with Gasteiger partial charge in [-0.25, -0.2) is 0 Å². The first kappa shape index (κ1) is 12.3. The summed E-state index contributed by atoms with van der Waals surface area (Å²) in [5, 5.41) is 9.65. The zero-order valence-corrected chi connectivity index (χ0v) is 11.4. The Labute approximate surface area is 114 Å². The third-order valence-electron chi connectivity index (χ3n) is 4.28. The number of benzene rings is 2. The van der Waals surface area contributed by atoms with Gasteiger partial charge in [0.15, 0.2) is 0 Å². The Morgan fingerprint density at radius 2 is 1.84 bits per heavy atom. The molecule has 98 valence electrons. The summed E-state index contributed by atoms with van der Waals surface area (Å²) in [6.45, 7) is 2.37. The van der Waals surface area contributed by atoms with Crippen LogP contribution in [0.1, 0.15) is 30.0 Å². The highest BCUT2D eigenvalue weighted by molar-refractivity contribution is 5.37. The molecule has 0 aliphatic heterocycles. The summed E-state index contributed by atoms with van der Waals surface area (Å²) >= 11 is 0. The Balaban J connectivity index is 1.83. The normalized spacial score (nSPS) is 21.9. The molecule has 0 bridgehead atoms. The van der Waals surface area contributed by atoms with Gasteiger partial charge in [-0.05, 0) is 59.9 Å². The minimum Gasteiger partial charge on any atom is -0.508 e. The van der Waals surface area contributed by atoms with Crippen LogP contribution < -0.4 is 0 Å². The molecule has 1 heteroatoms. The fraction of sp³-hybridized carbons (Fsp3) is 0.333. The molecule has 0 heterocycles. The first-order chi connectivity index (χ1) is 9.15. The summed E-state index contributed by atoms with van der Waals surface area (Å²) in [4.78, 5) is 0. The van der Waals surface area contributed by atoms with Crippen LogP contribution in [-0.4, -0.2) is 5.11 Å². The van der Waals surface area contributed by atoms with Crippen LogP contribution in [0.25, 0.3) is 0 Å². The van der Waals surface area contributed by atoms with Crippen LogP contribution in [0.3, 0.4) is 0 Å². The van der Waals surface area contributed by atoms with Crippen LogP contribution in [0.5, 0.6) is 5.75 Å². The van der Waals surface area contributed by atoms with Gasteiger partial charge in [-0.2, -0.15) is 0 Å². The van der Waals surface area contributed by atoms with Gasteiger partial charge in [0.1, 0.15) is 5.75 Å². The van der Waals surface area contributed by atoms with Gasteiger partial charge in [0.25, 0.3) is 0 Å². The maximum atomic E-state index is 9.65. The molecule has 1 nitrogen and oxygen atoms in total. The van der Waals surface area contributed by atoms with Gasteiger partial charge >= 0.3 is 0 Å². The van der Waals surface area contributed by atoms with Crippen molar-refractivity contribution in [3.05, 3.63) is 65.2 Å². The molecule has 19 heavy (non-hydrogen) atoms. The summed E-state index contributed by atoms with van der Waals surface area (Å²) in [5.74, 6) is 0.391. The zero-order valence-electron chi connectivity index (χ0n) is 11.4. The summed E-state index contributed by atoms with van der Waals surface area (Å²) in [6.07, 6.45) is 4.52. The van der Waals surface area contributed by atoms with E-state index < -0.39 is 0 Å². The quantitative estimate of drug-likeness (QED) is 0.852. The van der Waals surface area contributed by atoms with Gasteiger partial charge < -0.3 is 5.11 Å². The van der Waals surface area contributed by atoms with E-state index in [1.165, 1.54) is 23.1 Å². The summed E-state index contributed by atoms with van der Waals surface area (Å²) < 4.78 is 0. The highest BCUT2D eigenvalue weighted by atomic mass is 16.3. The van der Waals surface area contributed by atoms with Gasteiger partial charge in [0.2, 0.25) is 0 Å². The predicted molar refractivity (Wildman–Crippen MR) is 78.4 cm³/mol. The molecule has 1 atom stereocenters. The van der Waals surface area contributed by atoms with Crippen molar-refractivity contribution in [2.75, 3.05) is 0 Å². The number of aromatic hydroxyl groups is 1. The second kappa shape index (κ2) is 4.73. The fourth-order valence-electron chi connectivity index (χ4n) is 3.24. The van der Waals surface area contributed by atoms with Crippen LogP contribution in [0.15, 0.2) is 48.5 Å². The molecule has 1 aliphatic rings. The van der Waals surface area contributed by atoms with E-state index in [2.05, 4.69) is 43.3 Å². The predicted octanol–water partition coefficient (Wildman–Crippen LogP) is 4.13. The molecule has 0 amide bonds. The van der Waals surface area contributed by atoms with Crippen molar-refractivity contribution in [3.63, 3.8) is 0 Å². The lowest BCUT2D eigenvalue weighted by Gasteiger charge is -2.35. The Hall–Kier alpha value is -1.76. The van der Waals surface area contributed by atoms with Gasteiger partial charge in [0.05, 0.1) is 0 Å². The molecular formula is C18H20O. The Kier molecular flexibility index (Phi) is 3.06. The molecule has 0 fully saturated rings. The molecule has 0 aromatic heterocycles. The van der Waals surface area contributed by atoms with E-state index in [1.807, 2.05) is 6.07 Å². The monoisotopic (exact) mass is 252 g/mol. The molecule has 0 spiro atoms. The third kappa shape index (κ3) is 2.65. The van der Waals surface area contributed by atoms with Gasteiger partial charge in [-0.3, -0.25) is 0 Å². The average Bonchev–Trinajstić information content (AvgIpc) is 2.39. The van der Waals surface area contributed by atoms with Crippen LogP contribution in [0.2, 0.25) is 0 Å². The second-order valence-corrected chi connectivity index (χ2v) is 6.10. The highest BCUT2D eigenvalue weighted by Crippen LogP contribution is 2.38. The van der Waals surface area contributed by atoms with Crippen molar-refractivity contribution in [1.82, 2.24) is 0 Å². The number of phenolic OH excluding ortho intramolecular Hbond substituents is 1. The minimum atomic E-state index is 0.308. The van der Waals surface area contributed by atoms with Crippen LogP contribution in [0.4, 0.5) is 0 Å². The maximum absolute atomic E-state index is 9.65. The standard InChI is InChI=1S/C18H20O/c1-18(12-14-5-3-2-4-6-14)10-9-15-7-8-17(19)11-16(15)13-18/h2-8,11,19H,9-10,12-13H2,1H3. The zero-order chi connectivity index (χ0) is 13.3. The fourth-order valence-corrected chi connectivity index (χ4v) is 3.24. The Morgan fingerprint density at radius 1 is 1.05 bits per heavy atom. The lowest BCUT2D eigenvalue weighted by atomic mass is 9.70. The summed E-state index contributed by atoms with van der Waals surface area (Å²) in [6, 6.07) is 16.5. The van der Waals surface area contributed by atoms with Crippen molar-refractivity contribution in [2.24, 2.45) is 5.41 Å². The number of hydrogen-bond acceptors (Lipinski definition) is 1. The minimum absolute atomic E-state index is 0.308. The van der Waals surface area contributed by atoms with Gasteiger partial charge in [0, 0.05) is 0 Å². The van der Waals surface area contributed by atoms with Crippen LogP contribution in [0, 0.1) is 5.41 Å². The molecule has 1 unspecified atom stereocenters. The molecule has 2 aromatic rings. The van der Waals surface area contributed by atoms with E-state index in [-0.39, 0.29) is 0 Å². The van der Waals surface area contributed by atoms with E-state index >= 15 is 0 Å². The van der Waals surface area contributed by atoms with Crippen molar-refractivity contribution in [3.8, 4) is 5.75 Å². The van der Waals surface area contributed by atoms with Crippen molar-refractivity contribution in [2.45, 2.75) is 32.6 Å². The number of aryl methyl sites for hydroxylation is 1. The molecular weight excluding hydrogens is 232 g/mol. The molecule has 3 rings (SSSR count). The van der Waals surface area contributed by atoms with Gasteiger partial charge in [-0.1, -0.05) is 43.3 Å². The number of fused-ring (bicyclic) bond motifs is 1. The second-order valence-electron chi connectivity index (χ2n) is 6.10. The number of hydrogen-bond donors (Lipinski definition) is 1. The van der Waals surface area contributed by atoms with E-state index in [0.29, 0.717) is 11.2 Å². The SMILES string of the molecule is CC1(Cc2ccccc2)CCc2ccc(O)cc2C1. The lowest BCUT2D eigenvalue weighted by Crippen LogP contribution is -2.28.